The van der Waals surface area contributed by atoms with E-state index in [1.54, 1.807) is 0 Å². The Kier molecular flexibility index (Phi) is 4.68. The Hall–Kier alpha value is -0.820. The first-order valence-corrected chi connectivity index (χ1v) is 5.51. The number of hydrogen-bond acceptors (Lipinski definition) is 1. The molecule has 1 aromatic carbocycles. The van der Waals surface area contributed by atoms with Crippen LogP contribution in [0.3, 0.4) is 0 Å². The van der Waals surface area contributed by atoms with Gasteiger partial charge in [-0.05, 0) is 37.9 Å². The Bertz CT molecular complexity index is 250. The van der Waals surface area contributed by atoms with Gasteiger partial charge in [-0.1, -0.05) is 37.6 Å². The first-order valence-electron chi connectivity index (χ1n) is 5.51. The third-order valence-electron chi connectivity index (χ3n) is 2.60. The second kappa shape index (κ2) is 5.82. The van der Waals surface area contributed by atoms with E-state index in [9.17, 15) is 0 Å². The van der Waals surface area contributed by atoms with Crippen molar-refractivity contribution in [2.75, 3.05) is 7.05 Å². The molecule has 0 spiro atoms. The number of benzene rings is 1. The minimum Gasteiger partial charge on any atom is -0.317 e. The second-order valence-corrected chi connectivity index (χ2v) is 3.96. The van der Waals surface area contributed by atoms with Crippen LogP contribution in [0.15, 0.2) is 24.3 Å². The summed E-state index contributed by atoms with van der Waals surface area (Å²) >= 11 is 0. The summed E-state index contributed by atoms with van der Waals surface area (Å²) in [6.45, 7) is 4.43. The second-order valence-electron chi connectivity index (χ2n) is 3.96. The third-order valence-corrected chi connectivity index (χ3v) is 2.60. The molecule has 0 bridgehead atoms. The van der Waals surface area contributed by atoms with Gasteiger partial charge in [0.1, 0.15) is 0 Å². The molecular formula is C13H21N. The van der Waals surface area contributed by atoms with E-state index in [0.717, 1.165) is 6.42 Å². The molecule has 0 aliphatic carbocycles. The molecule has 0 aliphatic rings. The molecule has 0 fully saturated rings. The van der Waals surface area contributed by atoms with Crippen molar-refractivity contribution in [2.24, 2.45) is 0 Å². The number of likely N-dealkylation sites (N-methyl/N-ethyl adjacent to an activating group) is 1. The molecule has 0 saturated heterocycles. The molecule has 0 saturated carbocycles. The van der Waals surface area contributed by atoms with Crippen LogP contribution < -0.4 is 5.32 Å². The number of rotatable bonds is 5. The predicted molar refractivity (Wildman–Crippen MR) is 62.7 cm³/mol. The number of aryl methyl sites for hydroxylation is 1. The zero-order valence-electron chi connectivity index (χ0n) is 9.51. The van der Waals surface area contributed by atoms with Gasteiger partial charge in [-0.25, -0.2) is 0 Å². The quantitative estimate of drug-likeness (QED) is 0.754. The van der Waals surface area contributed by atoms with Crippen molar-refractivity contribution in [1.82, 2.24) is 5.32 Å². The highest BCUT2D eigenvalue weighted by atomic mass is 14.8. The van der Waals surface area contributed by atoms with E-state index < -0.39 is 0 Å². The van der Waals surface area contributed by atoms with Crippen LogP contribution in [0.1, 0.15) is 31.4 Å². The van der Waals surface area contributed by atoms with Crippen LogP contribution >= 0.6 is 0 Å². The Balaban J connectivity index is 2.54. The largest absolute Gasteiger partial charge is 0.317 e. The summed E-state index contributed by atoms with van der Waals surface area (Å²) in [4.78, 5) is 0. The molecule has 0 radical (unpaired) electrons. The summed E-state index contributed by atoms with van der Waals surface area (Å²) in [5, 5.41) is 3.25. The zero-order chi connectivity index (χ0) is 10.4. The van der Waals surface area contributed by atoms with Gasteiger partial charge in [-0.2, -0.15) is 0 Å². The number of hydrogen-bond donors (Lipinski definition) is 1. The molecule has 1 rings (SSSR count). The minimum absolute atomic E-state index is 0.562. The topological polar surface area (TPSA) is 12.0 Å². The number of nitrogens with one attached hydrogen (secondary N) is 1. The van der Waals surface area contributed by atoms with Crippen molar-refractivity contribution in [1.29, 1.82) is 0 Å². The summed E-state index contributed by atoms with van der Waals surface area (Å²) in [5.74, 6) is 0. The van der Waals surface area contributed by atoms with Crippen molar-refractivity contribution >= 4 is 0 Å². The molecule has 0 unspecified atom stereocenters. The zero-order valence-corrected chi connectivity index (χ0v) is 9.51. The summed E-state index contributed by atoms with van der Waals surface area (Å²) in [6, 6.07) is 9.56. The van der Waals surface area contributed by atoms with E-state index in [1.165, 1.54) is 24.0 Å². The van der Waals surface area contributed by atoms with Crippen molar-refractivity contribution in [3.8, 4) is 0 Å². The molecule has 0 amide bonds. The normalized spacial score (nSPS) is 12.8. The average Bonchev–Trinajstić information content (AvgIpc) is 2.21. The fourth-order valence-corrected chi connectivity index (χ4v) is 1.59. The Morgan fingerprint density at radius 1 is 1.14 bits per heavy atom. The lowest BCUT2D eigenvalue weighted by Gasteiger charge is -2.10. The Morgan fingerprint density at radius 2 is 1.71 bits per heavy atom. The van der Waals surface area contributed by atoms with Crippen LogP contribution in [0.2, 0.25) is 0 Å². The minimum atomic E-state index is 0.562. The van der Waals surface area contributed by atoms with Gasteiger partial charge in [0.05, 0.1) is 0 Å². The Labute approximate surface area is 87.5 Å². The summed E-state index contributed by atoms with van der Waals surface area (Å²) in [5.41, 5.74) is 2.88. The molecule has 1 atom stereocenters. The highest BCUT2D eigenvalue weighted by Gasteiger charge is 1.99. The van der Waals surface area contributed by atoms with E-state index in [1.807, 2.05) is 7.05 Å². The van der Waals surface area contributed by atoms with E-state index in [4.69, 9.17) is 0 Å². The van der Waals surface area contributed by atoms with E-state index in [2.05, 4.69) is 43.4 Å². The molecule has 0 heterocycles. The predicted octanol–water partition coefficient (Wildman–Crippen LogP) is 2.79. The first kappa shape index (κ1) is 11.3. The summed E-state index contributed by atoms with van der Waals surface area (Å²) < 4.78 is 0. The van der Waals surface area contributed by atoms with Crippen LogP contribution in [0.25, 0.3) is 0 Å². The maximum atomic E-state index is 3.25. The van der Waals surface area contributed by atoms with Gasteiger partial charge in [0, 0.05) is 6.04 Å². The molecule has 0 aliphatic heterocycles. The molecule has 78 valence electrons. The highest BCUT2D eigenvalue weighted by Crippen LogP contribution is 2.08. The van der Waals surface area contributed by atoms with Crippen molar-refractivity contribution in [2.45, 2.75) is 39.2 Å². The fourth-order valence-electron chi connectivity index (χ4n) is 1.59. The lowest BCUT2D eigenvalue weighted by molar-refractivity contribution is 0.608. The molecule has 0 aromatic heterocycles. The standard InChI is InChI=1S/C13H21N/c1-4-5-12-6-8-13(9-7-12)10-11(2)14-3/h6-9,11,14H,4-5,10H2,1-3H3/t11-/m0/s1. The third kappa shape index (κ3) is 3.51. The monoisotopic (exact) mass is 191 g/mol. The Morgan fingerprint density at radius 3 is 2.21 bits per heavy atom. The van der Waals surface area contributed by atoms with Crippen LogP contribution in [-0.4, -0.2) is 13.1 Å². The first-order chi connectivity index (χ1) is 6.76. The molecule has 1 heteroatoms. The van der Waals surface area contributed by atoms with Crippen LogP contribution in [0, 0.1) is 0 Å². The van der Waals surface area contributed by atoms with Crippen molar-refractivity contribution < 1.29 is 0 Å². The smallest absolute Gasteiger partial charge is 0.00761 e. The van der Waals surface area contributed by atoms with Gasteiger partial charge >= 0.3 is 0 Å². The maximum Gasteiger partial charge on any atom is 0.00761 e. The molecule has 1 aromatic rings. The average molecular weight is 191 g/mol. The van der Waals surface area contributed by atoms with Crippen LogP contribution in [-0.2, 0) is 12.8 Å². The van der Waals surface area contributed by atoms with Gasteiger partial charge < -0.3 is 5.32 Å². The van der Waals surface area contributed by atoms with Crippen molar-refractivity contribution in [3.05, 3.63) is 35.4 Å². The molecule has 14 heavy (non-hydrogen) atoms. The maximum absolute atomic E-state index is 3.25. The van der Waals surface area contributed by atoms with Gasteiger partial charge in [0.2, 0.25) is 0 Å². The fraction of sp³-hybridized carbons (Fsp3) is 0.538. The highest BCUT2D eigenvalue weighted by molar-refractivity contribution is 5.23. The SMILES string of the molecule is CCCc1ccc(C[C@H](C)NC)cc1. The van der Waals surface area contributed by atoms with Gasteiger partial charge in [0.15, 0.2) is 0 Å². The molecule has 1 N–H and O–H groups in total. The van der Waals surface area contributed by atoms with Gasteiger partial charge in [-0.3, -0.25) is 0 Å². The lowest BCUT2D eigenvalue weighted by atomic mass is 10.0. The summed E-state index contributed by atoms with van der Waals surface area (Å²) in [6.07, 6.45) is 3.54. The van der Waals surface area contributed by atoms with Crippen molar-refractivity contribution in [3.63, 3.8) is 0 Å². The van der Waals surface area contributed by atoms with Crippen LogP contribution in [0.5, 0.6) is 0 Å². The van der Waals surface area contributed by atoms with Gasteiger partial charge in [-0.15, -0.1) is 0 Å². The van der Waals surface area contributed by atoms with Gasteiger partial charge in [0.25, 0.3) is 0 Å². The van der Waals surface area contributed by atoms with Crippen LogP contribution in [0.4, 0.5) is 0 Å². The molecule has 1 nitrogen and oxygen atoms in total. The summed E-state index contributed by atoms with van der Waals surface area (Å²) in [7, 11) is 2.01. The van der Waals surface area contributed by atoms with E-state index >= 15 is 0 Å². The lowest BCUT2D eigenvalue weighted by Crippen LogP contribution is -2.23. The molecular weight excluding hydrogens is 170 g/mol. The van der Waals surface area contributed by atoms with E-state index in [-0.39, 0.29) is 0 Å². The van der Waals surface area contributed by atoms with E-state index in [0.29, 0.717) is 6.04 Å².